The van der Waals surface area contributed by atoms with Crippen LogP contribution in [-0.4, -0.2) is 22.8 Å². The number of aromatic nitrogens is 1. The second kappa shape index (κ2) is 6.07. The van der Waals surface area contributed by atoms with E-state index in [2.05, 4.69) is 4.98 Å². The minimum atomic E-state index is -2.57. The summed E-state index contributed by atoms with van der Waals surface area (Å²) in [7, 11) is 0. The normalized spacial score (nSPS) is 20.5. The lowest BCUT2D eigenvalue weighted by molar-refractivity contribution is 0.145. The molecule has 23 heavy (non-hydrogen) atoms. The van der Waals surface area contributed by atoms with Crippen molar-refractivity contribution >= 4 is 5.71 Å². The molecule has 2 aromatic rings. The highest BCUT2D eigenvalue weighted by atomic mass is 19.3. The number of benzene rings is 1. The lowest BCUT2D eigenvalue weighted by Gasteiger charge is -2.15. The van der Waals surface area contributed by atoms with Gasteiger partial charge < -0.3 is 4.74 Å². The van der Waals surface area contributed by atoms with E-state index >= 15 is 0 Å². The Balaban J connectivity index is 2.14. The highest BCUT2D eigenvalue weighted by Gasteiger charge is 2.24. The van der Waals surface area contributed by atoms with Gasteiger partial charge in [-0.05, 0) is 44.5 Å². The summed E-state index contributed by atoms with van der Waals surface area (Å²) in [6.07, 6.45) is -1.18. The topological polar surface area (TPSA) is 34.5 Å². The Labute approximate surface area is 134 Å². The van der Waals surface area contributed by atoms with Crippen molar-refractivity contribution in [2.24, 2.45) is 4.99 Å². The Hall–Kier alpha value is -2.30. The minimum Gasteiger partial charge on any atom is -0.488 e. The van der Waals surface area contributed by atoms with Gasteiger partial charge >= 0.3 is 0 Å². The molecule has 2 unspecified atom stereocenters. The quantitative estimate of drug-likeness (QED) is 0.826. The average Bonchev–Trinajstić information content (AvgIpc) is 2.64. The van der Waals surface area contributed by atoms with Crippen LogP contribution in [0.3, 0.4) is 0 Å². The molecule has 0 amide bonds. The van der Waals surface area contributed by atoms with E-state index in [1.54, 1.807) is 13.0 Å². The summed E-state index contributed by atoms with van der Waals surface area (Å²) < 4.78 is 31.8. The zero-order valence-electron chi connectivity index (χ0n) is 13.3. The van der Waals surface area contributed by atoms with Crippen LogP contribution in [0.5, 0.6) is 5.75 Å². The van der Waals surface area contributed by atoms with Crippen molar-refractivity contribution in [2.75, 3.05) is 0 Å². The molecule has 1 aromatic carbocycles. The molecule has 0 saturated carbocycles. The summed E-state index contributed by atoms with van der Waals surface area (Å²) >= 11 is 0. The monoisotopic (exact) mass is 316 g/mol. The molecule has 0 radical (unpaired) electrons. The van der Waals surface area contributed by atoms with Crippen LogP contribution in [0.15, 0.2) is 41.5 Å². The zero-order chi connectivity index (χ0) is 16.6. The van der Waals surface area contributed by atoms with Crippen LogP contribution in [-0.2, 0) is 0 Å². The number of alkyl halides is 2. The van der Waals surface area contributed by atoms with E-state index in [1.165, 1.54) is 6.20 Å². The highest BCUT2D eigenvalue weighted by molar-refractivity contribution is 6.14. The molecule has 2 atom stereocenters. The van der Waals surface area contributed by atoms with Gasteiger partial charge in [-0.15, -0.1) is 0 Å². The number of ether oxygens (including phenoxy) is 1. The van der Waals surface area contributed by atoms with Crippen LogP contribution in [0.2, 0.25) is 0 Å². The summed E-state index contributed by atoms with van der Waals surface area (Å²) in [6, 6.07) is 9.30. The van der Waals surface area contributed by atoms with Crippen molar-refractivity contribution in [2.45, 2.75) is 39.3 Å². The van der Waals surface area contributed by atoms with E-state index in [0.29, 0.717) is 5.56 Å². The largest absolute Gasteiger partial charge is 0.488 e. The standard InChI is InChI=1S/C18H18F2N2O/c1-10-8-13(9-21-16(10)18(19)20)17-14-6-4-5-7-15(14)23-12(3)11(2)22-17/h4-9,11-12,18H,1-3H3. The van der Waals surface area contributed by atoms with E-state index in [4.69, 9.17) is 9.73 Å². The van der Waals surface area contributed by atoms with Gasteiger partial charge in [0.2, 0.25) is 0 Å². The second-order valence-corrected chi connectivity index (χ2v) is 5.76. The first kappa shape index (κ1) is 15.6. The molecule has 0 bridgehead atoms. The molecule has 0 spiro atoms. The van der Waals surface area contributed by atoms with Gasteiger partial charge in [0.05, 0.1) is 11.8 Å². The molecule has 1 aliphatic heterocycles. The maximum atomic E-state index is 12.9. The van der Waals surface area contributed by atoms with Gasteiger partial charge in [-0.1, -0.05) is 12.1 Å². The fraction of sp³-hybridized carbons (Fsp3) is 0.333. The van der Waals surface area contributed by atoms with E-state index in [9.17, 15) is 8.78 Å². The number of pyridine rings is 1. The van der Waals surface area contributed by atoms with Gasteiger partial charge in [-0.25, -0.2) is 8.78 Å². The highest BCUT2D eigenvalue weighted by Crippen LogP contribution is 2.29. The van der Waals surface area contributed by atoms with Gasteiger partial charge in [0.15, 0.2) is 0 Å². The number of fused-ring (bicyclic) bond motifs is 1. The van der Waals surface area contributed by atoms with Crippen LogP contribution in [0, 0.1) is 6.92 Å². The number of hydrogen-bond donors (Lipinski definition) is 0. The molecule has 0 N–H and O–H groups in total. The van der Waals surface area contributed by atoms with Crippen LogP contribution >= 0.6 is 0 Å². The number of rotatable bonds is 2. The number of aryl methyl sites for hydroxylation is 1. The first-order valence-electron chi connectivity index (χ1n) is 7.56. The number of para-hydroxylation sites is 1. The van der Waals surface area contributed by atoms with Crippen molar-refractivity contribution in [3.63, 3.8) is 0 Å². The first-order valence-corrected chi connectivity index (χ1v) is 7.56. The Morgan fingerprint density at radius 1 is 1.17 bits per heavy atom. The number of aliphatic imine (C=N–C) groups is 1. The first-order chi connectivity index (χ1) is 11.0. The third kappa shape index (κ3) is 2.96. The maximum absolute atomic E-state index is 12.9. The molecular weight excluding hydrogens is 298 g/mol. The molecule has 5 heteroatoms. The van der Waals surface area contributed by atoms with Gasteiger partial charge in [0.1, 0.15) is 17.5 Å². The van der Waals surface area contributed by atoms with E-state index in [1.807, 2.05) is 38.1 Å². The van der Waals surface area contributed by atoms with E-state index in [0.717, 1.165) is 22.6 Å². The van der Waals surface area contributed by atoms with Crippen LogP contribution in [0.25, 0.3) is 0 Å². The molecule has 3 rings (SSSR count). The number of halogens is 2. The fourth-order valence-electron chi connectivity index (χ4n) is 2.62. The smallest absolute Gasteiger partial charge is 0.280 e. The Bertz CT molecular complexity index is 758. The Kier molecular flexibility index (Phi) is 4.11. The lowest BCUT2D eigenvalue weighted by atomic mass is 10.0. The van der Waals surface area contributed by atoms with Crippen molar-refractivity contribution in [1.29, 1.82) is 0 Å². The Morgan fingerprint density at radius 3 is 2.61 bits per heavy atom. The summed E-state index contributed by atoms with van der Waals surface area (Å²) in [4.78, 5) is 8.68. The minimum absolute atomic E-state index is 0.0486. The summed E-state index contributed by atoms with van der Waals surface area (Å²) in [5.41, 5.74) is 2.59. The molecule has 1 aromatic heterocycles. The van der Waals surface area contributed by atoms with Crippen LogP contribution in [0.1, 0.15) is 42.7 Å². The maximum Gasteiger partial charge on any atom is 0.280 e. The zero-order valence-corrected chi connectivity index (χ0v) is 13.3. The predicted molar refractivity (Wildman–Crippen MR) is 85.6 cm³/mol. The van der Waals surface area contributed by atoms with Crippen molar-refractivity contribution < 1.29 is 13.5 Å². The van der Waals surface area contributed by atoms with E-state index < -0.39 is 6.43 Å². The SMILES string of the molecule is Cc1cc(C2=NC(C)C(C)Oc3ccccc32)cnc1C(F)F. The summed E-state index contributed by atoms with van der Waals surface area (Å²) in [5.74, 6) is 0.749. The van der Waals surface area contributed by atoms with Gasteiger partial charge in [0, 0.05) is 17.3 Å². The molecule has 0 fully saturated rings. The third-order valence-electron chi connectivity index (χ3n) is 4.07. The predicted octanol–water partition coefficient (Wildman–Crippen LogP) is 4.33. The summed E-state index contributed by atoms with van der Waals surface area (Å²) in [5, 5.41) is 0. The van der Waals surface area contributed by atoms with Gasteiger partial charge in [-0.3, -0.25) is 9.98 Å². The third-order valence-corrected chi connectivity index (χ3v) is 4.07. The molecule has 0 aliphatic carbocycles. The Morgan fingerprint density at radius 2 is 1.91 bits per heavy atom. The number of hydrogen-bond acceptors (Lipinski definition) is 3. The molecule has 2 heterocycles. The fourth-order valence-corrected chi connectivity index (χ4v) is 2.62. The molecule has 1 aliphatic rings. The van der Waals surface area contributed by atoms with E-state index in [-0.39, 0.29) is 17.8 Å². The van der Waals surface area contributed by atoms with Crippen molar-refractivity contribution in [1.82, 2.24) is 4.98 Å². The van der Waals surface area contributed by atoms with Crippen LogP contribution < -0.4 is 4.74 Å². The number of nitrogens with zero attached hydrogens (tertiary/aromatic N) is 2. The lowest BCUT2D eigenvalue weighted by Crippen LogP contribution is -2.23. The average molecular weight is 316 g/mol. The molecular formula is C18H18F2N2O. The molecule has 120 valence electrons. The summed E-state index contributed by atoms with van der Waals surface area (Å²) in [6.45, 7) is 5.59. The van der Waals surface area contributed by atoms with Crippen LogP contribution in [0.4, 0.5) is 8.78 Å². The van der Waals surface area contributed by atoms with Gasteiger partial charge in [-0.2, -0.15) is 0 Å². The van der Waals surface area contributed by atoms with Crippen molar-refractivity contribution in [3.05, 3.63) is 58.9 Å². The molecule has 3 nitrogen and oxygen atoms in total. The molecule has 0 saturated heterocycles. The van der Waals surface area contributed by atoms with Gasteiger partial charge in [0.25, 0.3) is 6.43 Å². The van der Waals surface area contributed by atoms with Crippen molar-refractivity contribution in [3.8, 4) is 5.75 Å². The second-order valence-electron chi connectivity index (χ2n) is 5.76.